The molecule has 2 aromatic rings. The van der Waals surface area contributed by atoms with Crippen LogP contribution in [0.3, 0.4) is 0 Å². The predicted octanol–water partition coefficient (Wildman–Crippen LogP) is 1.87. The van der Waals surface area contributed by atoms with Crippen molar-refractivity contribution in [2.45, 2.75) is 26.4 Å². The van der Waals surface area contributed by atoms with Crippen molar-refractivity contribution in [3.05, 3.63) is 47.5 Å². The van der Waals surface area contributed by atoms with Gasteiger partial charge in [-0.1, -0.05) is 6.07 Å². The van der Waals surface area contributed by atoms with E-state index < -0.39 is 0 Å². The molecule has 7 heteroatoms. The van der Waals surface area contributed by atoms with Crippen molar-refractivity contribution in [2.75, 3.05) is 31.2 Å². The SMILES string of the molecule is Cc1cnn(CCC(=O)NCc2ccc(N3CCOCC3)c(F)c2)c1. The molecule has 0 bridgehead atoms. The molecule has 0 radical (unpaired) electrons. The molecule has 0 atom stereocenters. The molecule has 1 N–H and O–H groups in total. The number of aromatic nitrogens is 2. The summed E-state index contributed by atoms with van der Waals surface area (Å²) in [4.78, 5) is 13.9. The molecule has 1 fully saturated rings. The number of anilines is 1. The van der Waals surface area contributed by atoms with Gasteiger partial charge in [0.25, 0.3) is 0 Å². The fraction of sp³-hybridized carbons (Fsp3) is 0.444. The van der Waals surface area contributed by atoms with E-state index in [2.05, 4.69) is 10.4 Å². The Bertz CT molecular complexity index is 726. The highest BCUT2D eigenvalue weighted by atomic mass is 19.1. The number of nitrogens with zero attached hydrogens (tertiary/aromatic N) is 3. The smallest absolute Gasteiger partial charge is 0.222 e. The zero-order chi connectivity index (χ0) is 17.6. The topological polar surface area (TPSA) is 59.4 Å². The van der Waals surface area contributed by atoms with Crippen molar-refractivity contribution in [1.29, 1.82) is 0 Å². The minimum atomic E-state index is -0.263. The van der Waals surface area contributed by atoms with Gasteiger partial charge in [-0.2, -0.15) is 5.10 Å². The number of benzene rings is 1. The number of hydrogen-bond acceptors (Lipinski definition) is 4. The van der Waals surface area contributed by atoms with E-state index in [1.54, 1.807) is 16.9 Å². The van der Waals surface area contributed by atoms with Crippen LogP contribution < -0.4 is 10.2 Å². The van der Waals surface area contributed by atoms with Gasteiger partial charge in [0.1, 0.15) is 5.82 Å². The highest BCUT2D eigenvalue weighted by Gasteiger charge is 2.15. The van der Waals surface area contributed by atoms with Gasteiger partial charge in [-0.3, -0.25) is 9.48 Å². The van der Waals surface area contributed by atoms with Crippen molar-refractivity contribution in [3.63, 3.8) is 0 Å². The van der Waals surface area contributed by atoms with Crippen molar-refractivity contribution in [1.82, 2.24) is 15.1 Å². The second-order valence-electron chi connectivity index (χ2n) is 6.19. The van der Waals surface area contributed by atoms with E-state index in [1.165, 1.54) is 6.07 Å². The van der Waals surface area contributed by atoms with Gasteiger partial charge in [0.05, 0.1) is 25.1 Å². The number of morpholine rings is 1. The number of carbonyl (C=O) groups is 1. The van der Waals surface area contributed by atoms with Crippen molar-refractivity contribution >= 4 is 11.6 Å². The maximum atomic E-state index is 14.3. The lowest BCUT2D eigenvalue weighted by molar-refractivity contribution is -0.121. The lowest BCUT2D eigenvalue weighted by Crippen LogP contribution is -2.36. The summed E-state index contributed by atoms with van der Waals surface area (Å²) in [6.45, 7) is 5.43. The Kier molecular flexibility index (Phi) is 5.65. The molecule has 1 aromatic carbocycles. The fourth-order valence-corrected chi connectivity index (χ4v) is 2.82. The average Bonchev–Trinajstić information content (AvgIpc) is 3.04. The van der Waals surface area contributed by atoms with Gasteiger partial charge in [-0.15, -0.1) is 0 Å². The third kappa shape index (κ3) is 4.79. The molecule has 1 aromatic heterocycles. The fourth-order valence-electron chi connectivity index (χ4n) is 2.82. The molecular formula is C18H23FN4O2. The van der Waals surface area contributed by atoms with Crippen LogP contribution in [0.15, 0.2) is 30.6 Å². The number of aryl methyl sites for hydroxylation is 2. The van der Waals surface area contributed by atoms with Crippen LogP contribution in [0.5, 0.6) is 0 Å². The van der Waals surface area contributed by atoms with Gasteiger partial charge >= 0.3 is 0 Å². The molecule has 6 nitrogen and oxygen atoms in total. The molecule has 0 unspecified atom stereocenters. The Balaban J connectivity index is 1.49. The summed E-state index contributed by atoms with van der Waals surface area (Å²) < 4.78 is 21.4. The maximum Gasteiger partial charge on any atom is 0.222 e. The highest BCUT2D eigenvalue weighted by Crippen LogP contribution is 2.21. The molecule has 0 spiro atoms. The van der Waals surface area contributed by atoms with Crippen molar-refractivity contribution < 1.29 is 13.9 Å². The first-order valence-corrected chi connectivity index (χ1v) is 8.49. The third-order valence-corrected chi connectivity index (χ3v) is 4.18. The number of halogens is 1. The summed E-state index contributed by atoms with van der Waals surface area (Å²) in [5, 5.41) is 6.97. The van der Waals surface area contributed by atoms with Crippen molar-refractivity contribution in [2.24, 2.45) is 0 Å². The molecule has 1 saturated heterocycles. The van der Waals surface area contributed by atoms with E-state index >= 15 is 0 Å². The van der Waals surface area contributed by atoms with Crippen LogP contribution in [0.4, 0.5) is 10.1 Å². The molecular weight excluding hydrogens is 323 g/mol. The first kappa shape index (κ1) is 17.4. The Morgan fingerprint density at radius 3 is 2.84 bits per heavy atom. The molecule has 0 aliphatic carbocycles. The van der Waals surface area contributed by atoms with Gasteiger partial charge in [0.15, 0.2) is 0 Å². The van der Waals surface area contributed by atoms with Crippen molar-refractivity contribution in [3.8, 4) is 0 Å². The monoisotopic (exact) mass is 346 g/mol. The zero-order valence-corrected chi connectivity index (χ0v) is 14.4. The third-order valence-electron chi connectivity index (χ3n) is 4.18. The van der Waals surface area contributed by atoms with Crippen LogP contribution in [0.1, 0.15) is 17.5 Å². The Morgan fingerprint density at radius 2 is 2.16 bits per heavy atom. The second-order valence-corrected chi connectivity index (χ2v) is 6.19. The number of nitrogens with one attached hydrogen (secondary N) is 1. The summed E-state index contributed by atoms with van der Waals surface area (Å²) >= 11 is 0. The summed E-state index contributed by atoms with van der Waals surface area (Å²) in [6, 6.07) is 5.11. The van der Waals surface area contributed by atoms with Crippen LogP contribution >= 0.6 is 0 Å². The summed E-state index contributed by atoms with van der Waals surface area (Å²) in [7, 11) is 0. The average molecular weight is 346 g/mol. The van der Waals surface area contributed by atoms with E-state index in [1.807, 2.05) is 24.1 Å². The first-order chi connectivity index (χ1) is 12.1. The molecule has 25 heavy (non-hydrogen) atoms. The number of hydrogen-bond donors (Lipinski definition) is 1. The molecule has 2 heterocycles. The largest absolute Gasteiger partial charge is 0.378 e. The lowest BCUT2D eigenvalue weighted by Gasteiger charge is -2.29. The van der Waals surface area contributed by atoms with E-state index in [9.17, 15) is 9.18 Å². The molecule has 1 aliphatic rings. The Labute approximate surface area is 146 Å². The van der Waals surface area contributed by atoms with E-state index in [4.69, 9.17) is 4.74 Å². The van der Waals surface area contributed by atoms with Crippen LogP contribution in [0.2, 0.25) is 0 Å². The zero-order valence-electron chi connectivity index (χ0n) is 14.4. The van der Waals surface area contributed by atoms with Crippen LogP contribution in [-0.2, 0) is 22.6 Å². The Hall–Kier alpha value is -2.41. The van der Waals surface area contributed by atoms with E-state index in [-0.39, 0.29) is 11.7 Å². The highest BCUT2D eigenvalue weighted by molar-refractivity contribution is 5.75. The maximum absolute atomic E-state index is 14.3. The van der Waals surface area contributed by atoms with E-state index in [0.717, 1.165) is 11.1 Å². The van der Waals surface area contributed by atoms with E-state index in [0.29, 0.717) is 51.5 Å². The molecule has 134 valence electrons. The van der Waals surface area contributed by atoms with Crippen LogP contribution in [0, 0.1) is 12.7 Å². The molecule has 1 aliphatic heterocycles. The van der Waals surface area contributed by atoms with Gasteiger partial charge < -0.3 is 15.0 Å². The molecule has 1 amide bonds. The standard InChI is InChI=1S/C18H23FN4O2/c1-14-11-21-23(13-14)5-4-18(24)20-12-15-2-3-17(16(19)10-15)22-6-8-25-9-7-22/h2-3,10-11,13H,4-9,12H2,1H3,(H,20,24). The Morgan fingerprint density at radius 1 is 1.36 bits per heavy atom. The lowest BCUT2D eigenvalue weighted by atomic mass is 10.1. The second kappa shape index (κ2) is 8.11. The number of rotatable bonds is 6. The minimum Gasteiger partial charge on any atom is -0.378 e. The number of amides is 1. The number of carbonyl (C=O) groups excluding carboxylic acids is 1. The van der Waals surface area contributed by atoms with Crippen LogP contribution in [0.25, 0.3) is 0 Å². The summed E-state index contributed by atoms with van der Waals surface area (Å²) in [6.07, 6.45) is 4.00. The van der Waals surface area contributed by atoms with Gasteiger partial charge in [0.2, 0.25) is 5.91 Å². The van der Waals surface area contributed by atoms with Gasteiger partial charge in [0, 0.05) is 38.8 Å². The predicted molar refractivity (Wildman–Crippen MR) is 92.9 cm³/mol. The summed E-state index contributed by atoms with van der Waals surface area (Å²) in [5.41, 5.74) is 2.40. The van der Waals surface area contributed by atoms with Gasteiger partial charge in [-0.05, 0) is 30.2 Å². The normalized spacial score (nSPS) is 14.6. The molecule has 3 rings (SSSR count). The van der Waals surface area contributed by atoms with Crippen LogP contribution in [-0.4, -0.2) is 42.0 Å². The first-order valence-electron chi connectivity index (χ1n) is 8.49. The van der Waals surface area contributed by atoms with Gasteiger partial charge in [-0.25, -0.2) is 4.39 Å². The molecule has 0 saturated carbocycles. The summed E-state index contributed by atoms with van der Waals surface area (Å²) in [5.74, 6) is -0.341. The minimum absolute atomic E-state index is 0.0779. The number of ether oxygens (including phenoxy) is 1. The quantitative estimate of drug-likeness (QED) is 0.868.